The van der Waals surface area contributed by atoms with Crippen molar-refractivity contribution >= 4 is 40.9 Å². The zero-order valence-electron chi connectivity index (χ0n) is 15.1. The molecule has 3 aromatic rings. The zero-order valence-corrected chi connectivity index (χ0v) is 16.0. The lowest BCUT2D eigenvalue weighted by molar-refractivity contribution is -0.113. The highest BCUT2D eigenvalue weighted by Crippen LogP contribution is 2.17. The molecule has 144 valence electrons. The van der Waals surface area contributed by atoms with Gasteiger partial charge in [0.15, 0.2) is 0 Å². The first-order valence-electron chi connectivity index (χ1n) is 8.46. The maximum atomic E-state index is 13.8. The van der Waals surface area contributed by atoms with E-state index in [1.165, 1.54) is 17.8 Å². The molecule has 9 heteroatoms. The molecule has 0 saturated heterocycles. The number of carbonyl (C=O) groups is 1. The van der Waals surface area contributed by atoms with Gasteiger partial charge in [-0.1, -0.05) is 24.3 Å². The number of hydrogen-bond donors (Lipinski definition) is 3. The van der Waals surface area contributed by atoms with Crippen LogP contribution in [0.4, 0.5) is 27.7 Å². The molecule has 0 radical (unpaired) electrons. The van der Waals surface area contributed by atoms with Crippen LogP contribution in [-0.2, 0) is 10.5 Å². The van der Waals surface area contributed by atoms with Gasteiger partial charge in [0.05, 0.1) is 17.2 Å². The van der Waals surface area contributed by atoms with Crippen LogP contribution in [-0.4, -0.2) is 26.6 Å². The van der Waals surface area contributed by atoms with E-state index in [9.17, 15) is 9.18 Å². The molecule has 0 aliphatic rings. The highest BCUT2D eigenvalue weighted by molar-refractivity contribution is 7.99. The van der Waals surface area contributed by atoms with E-state index in [0.29, 0.717) is 17.5 Å². The van der Waals surface area contributed by atoms with Gasteiger partial charge in [-0.3, -0.25) is 4.79 Å². The molecule has 1 aromatic heterocycles. The first-order chi connectivity index (χ1) is 13.5. The summed E-state index contributed by atoms with van der Waals surface area (Å²) in [5.74, 6) is 0.596. The summed E-state index contributed by atoms with van der Waals surface area (Å²) in [4.78, 5) is 24.5. The standard InChI is InChI=1S/C19H19FN6OS/c1-12-7-8-15(14(20)9-12)23-17(27)11-28-10-16-24-18(21)26-19(25-16)22-13-5-3-2-4-6-13/h2-9H,10-11H2,1H3,(H,23,27)(H3,21,22,24,25,26). The summed E-state index contributed by atoms with van der Waals surface area (Å²) < 4.78 is 13.8. The number of nitrogen functional groups attached to an aromatic ring is 1. The monoisotopic (exact) mass is 398 g/mol. The molecule has 1 heterocycles. The lowest BCUT2D eigenvalue weighted by Crippen LogP contribution is -2.15. The predicted molar refractivity (Wildman–Crippen MR) is 110 cm³/mol. The van der Waals surface area contributed by atoms with Crippen LogP contribution in [0.1, 0.15) is 11.4 Å². The van der Waals surface area contributed by atoms with Crippen molar-refractivity contribution in [3.8, 4) is 0 Å². The maximum Gasteiger partial charge on any atom is 0.234 e. The van der Waals surface area contributed by atoms with Crippen LogP contribution in [0.3, 0.4) is 0 Å². The summed E-state index contributed by atoms with van der Waals surface area (Å²) in [5.41, 5.74) is 7.52. The van der Waals surface area contributed by atoms with Gasteiger partial charge >= 0.3 is 0 Å². The minimum Gasteiger partial charge on any atom is -0.368 e. The largest absolute Gasteiger partial charge is 0.368 e. The number of thioether (sulfide) groups is 1. The van der Waals surface area contributed by atoms with E-state index in [4.69, 9.17) is 5.73 Å². The molecule has 4 N–H and O–H groups in total. The zero-order chi connectivity index (χ0) is 19.9. The Balaban J connectivity index is 1.54. The SMILES string of the molecule is Cc1ccc(NC(=O)CSCc2nc(N)nc(Nc3ccccc3)n2)c(F)c1. The number of benzene rings is 2. The lowest BCUT2D eigenvalue weighted by Gasteiger charge is -2.08. The van der Waals surface area contributed by atoms with E-state index >= 15 is 0 Å². The summed E-state index contributed by atoms with van der Waals surface area (Å²) >= 11 is 1.30. The van der Waals surface area contributed by atoms with E-state index in [1.54, 1.807) is 19.1 Å². The number of aromatic nitrogens is 3. The van der Waals surface area contributed by atoms with Crippen molar-refractivity contribution in [3.05, 3.63) is 65.7 Å². The lowest BCUT2D eigenvalue weighted by atomic mass is 10.2. The third-order valence-electron chi connectivity index (χ3n) is 3.59. The maximum absolute atomic E-state index is 13.8. The molecule has 0 aliphatic carbocycles. The van der Waals surface area contributed by atoms with Gasteiger partial charge in [-0.05, 0) is 36.8 Å². The molecule has 0 unspecified atom stereocenters. The molecule has 0 bridgehead atoms. The number of carbonyl (C=O) groups excluding carboxylic acids is 1. The van der Waals surface area contributed by atoms with E-state index in [1.807, 2.05) is 30.3 Å². The second kappa shape index (κ2) is 9.14. The first-order valence-corrected chi connectivity index (χ1v) is 9.61. The van der Waals surface area contributed by atoms with E-state index in [2.05, 4.69) is 25.6 Å². The van der Waals surface area contributed by atoms with Crippen LogP contribution in [0.5, 0.6) is 0 Å². The molecular weight excluding hydrogens is 379 g/mol. The highest BCUT2D eigenvalue weighted by atomic mass is 32.2. The number of anilines is 4. The number of halogens is 1. The Bertz CT molecular complexity index is 970. The first kappa shape index (κ1) is 19.6. The van der Waals surface area contributed by atoms with Crippen LogP contribution in [0.2, 0.25) is 0 Å². The molecule has 0 saturated carbocycles. The predicted octanol–water partition coefficient (Wildman–Crippen LogP) is 3.52. The average molecular weight is 398 g/mol. The van der Waals surface area contributed by atoms with Gasteiger partial charge in [0.2, 0.25) is 17.8 Å². The number of rotatable bonds is 7. The molecule has 7 nitrogen and oxygen atoms in total. The Morgan fingerprint density at radius 2 is 1.93 bits per heavy atom. The van der Waals surface area contributed by atoms with E-state index < -0.39 is 5.82 Å². The molecule has 0 spiro atoms. The van der Waals surface area contributed by atoms with Crippen molar-refractivity contribution in [2.75, 3.05) is 22.1 Å². The van der Waals surface area contributed by atoms with Crippen LogP contribution in [0.15, 0.2) is 48.5 Å². The van der Waals surface area contributed by atoms with Crippen LogP contribution in [0, 0.1) is 12.7 Å². The third-order valence-corrected chi connectivity index (χ3v) is 4.52. The van der Waals surface area contributed by atoms with Gasteiger partial charge in [0.1, 0.15) is 11.6 Å². The van der Waals surface area contributed by atoms with Crippen molar-refractivity contribution in [2.45, 2.75) is 12.7 Å². The molecule has 0 atom stereocenters. The van der Waals surface area contributed by atoms with Gasteiger partial charge in [-0.2, -0.15) is 15.0 Å². The number of hydrogen-bond acceptors (Lipinski definition) is 7. The number of para-hydroxylation sites is 1. The fraction of sp³-hybridized carbons (Fsp3) is 0.158. The summed E-state index contributed by atoms with van der Waals surface area (Å²) in [6.07, 6.45) is 0. The molecule has 0 aliphatic heterocycles. The smallest absolute Gasteiger partial charge is 0.234 e. The van der Waals surface area contributed by atoms with Gasteiger partial charge in [0.25, 0.3) is 0 Å². The molecule has 0 fully saturated rings. The molecule has 28 heavy (non-hydrogen) atoms. The van der Waals surface area contributed by atoms with Crippen LogP contribution < -0.4 is 16.4 Å². The molecule has 1 amide bonds. The highest BCUT2D eigenvalue weighted by Gasteiger charge is 2.09. The van der Waals surface area contributed by atoms with Gasteiger partial charge in [-0.15, -0.1) is 11.8 Å². The third kappa shape index (κ3) is 5.65. The second-order valence-electron chi connectivity index (χ2n) is 5.95. The normalized spacial score (nSPS) is 10.5. The summed E-state index contributed by atoms with van der Waals surface area (Å²) in [6.45, 7) is 1.78. The number of nitrogens with one attached hydrogen (secondary N) is 2. The van der Waals surface area contributed by atoms with E-state index in [-0.39, 0.29) is 23.3 Å². The average Bonchev–Trinajstić information content (AvgIpc) is 2.64. The molecule has 3 rings (SSSR count). The van der Waals surface area contributed by atoms with Gasteiger partial charge in [-0.25, -0.2) is 4.39 Å². The molecular formula is C19H19FN6OS. The number of nitrogens with zero attached hydrogens (tertiary/aromatic N) is 3. The Labute approximate surface area is 166 Å². The van der Waals surface area contributed by atoms with Gasteiger partial charge in [0, 0.05) is 5.69 Å². The number of nitrogens with two attached hydrogens (primary N) is 1. The topological polar surface area (TPSA) is 106 Å². The quantitative estimate of drug-likeness (QED) is 0.559. The van der Waals surface area contributed by atoms with Crippen molar-refractivity contribution in [1.29, 1.82) is 0 Å². The Morgan fingerprint density at radius 3 is 2.68 bits per heavy atom. The Morgan fingerprint density at radius 1 is 1.14 bits per heavy atom. The van der Waals surface area contributed by atoms with Crippen molar-refractivity contribution in [3.63, 3.8) is 0 Å². The van der Waals surface area contributed by atoms with Crippen molar-refractivity contribution in [2.24, 2.45) is 0 Å². The number of aryl methyl sites for hydroxylation is 1. The summed E-state index contributed by atoms with van der Waals surface area (Å²) in [7, 11) is 0. The minimum absolute atomic E-state index is 0.0928. The minimum atomic E-state index is -0.458. The Kier molecular flexibility index (Phi) is 6.38. The summed E-state index contributed by atoms with van der Waals surface area (Å²) in [6, 6.07) is 14.1. The second-order valence-corrected chi connectivity index (χ2v) is 6.93. The van der Waals surface area contributed by atoms with E-state index in [0.717, 1.165) is 11.3 Å². The number of amides is 1. The fourth-order valence-electron chi connectivity index (χ4n) is 2.35. The van der Waals surface area contributed by atoms with Crippen LogP contribution >= 0.6 is 11.8 Å². The Hall–Kier alpha value is -3.20. The summed E-state index contributed by atoms with van der Waals surface area (Å²) in [5, 5.41) is 5.61. The van der Waals surface area contributed by atoms with Crippen molar-refractivity contribution < 1.29 is 9.18 Å². The van der Waals surface area contributed by atoms with Crippen LogP contribution in [0.25, 0.3) is 0 Å². The fourth-order valence-corrected chi connectivity index (χ4v) is 3.02. The molecule has 2 aromatic carbocycles. The van der Waals surface area contributed by atoms with Gasteiger partial charge < -0.3 is 16.4 Å². The van der Waals surface area contributed by atoms with Crippen molar-refractivity contribution in [1.82, 2.24) is 15.0 Å².